The Hall–Kier alpha value is -2.67. The molecule has 0 bridgehead atoms. The maximum atomic E-state index is 12.9. The number of carbonyl (C=O) groups excluding carboxylic acids is 2. The molecule has 1 aliphatic heterocycles. The maximum Gasteiger partial charge on any atom is 0.254 e. The van der Waals surface area contributed by atoms with E-state index in [0.717, 1.165) is 0 Å². The van der Waals surface area contributed by atoms with Gasteiger partial charge in [-0.25, -0.2) is 8.42 Å². The third-order valence-electron chi connectivity index (χ3n) is 4.61. The zero-order chi connectivity index (χ0) is 19.4. The molecule has 7 heteroatoms. The van der Waals surface area contributed by atoms with Gasteiger partial charge < -0.3 is 10.2 Å². The topological polar surface area (TPSA) is 83.6 Å². The molecule has 0 saturated carbocycles. The molecule has 1 N–H and O–H groups in total. The maximum absolute atomic E-state index is 12.9. The number of carbonyl (C=O) groups is 2. The first-order valence-electron chi connectivity index (χ1n) is 8.88. The first-order valence-corrected chi connectivity index (χ1v) is 10.5. The molecule has 1 heterocycles. The van der Waals surface area contributed by atoms with E-state index in [1.807, 2.05) is 6.92 Å². The molecule has 27 heavy (non-hydrogen) atoms. The van der Waals surface area contributed by atoms with Gasteiger partial charge >= 0.3 is 0 Å². The van der Waals surface area contributed by atoms with Gasteiger partial charge in [-0.15, -0.1) is 0 Å². The Morgan fingerprint density at radius 3 is 2.59 bits per heavy atom. The van der Waals surface area contributed by atoms with Gasteiger partial charge in [0.2, 0.25) is 5.91 Å². The monoisotopic (exact) mass is 386 g/mol. The summed E-state index contributed by atoms with van der Waals surface area (Å²) in [6.45, 7) is 2.72. The molecule has 2 aromatic rings. The van der Waals surface area contributed by atoms with Crippen LogP contribution < -0.4 is 5.32 Å². The van der Waals surface area contributed by atoms with E-state index in [1.165, 1.54) is 0 Å². The third-order valence-corrected chi connectivity index (χ3v) is 6.32. The van der Waals surface area contributed by atoms with Gasteiger partial charge in [-0.2, -0.15) is 0 Å². The van der Waals surface area contributed by atoms with Gasteiger partial charge in [0.15, 0.2) is 9.84 Å². The van der Waals surface area contributed by atoms with Crippen molar-refractivity contribution in [3.63, 3.8) is 0 Å². The fraction of sp³-hybridized carbons (Fsp3) is 0.300. The lowest BCUT2D eigenvalue weighted by Crippen LogP contribution is -2.56. The molecule has 1 aliphatic rings. The van der Waals surface area contributed by atoms with Crippen LogP contribution >= 0.6 is 0 Å². The largest absolute Gasteiger partial charge is 0.353 e. The van der Waals surface area contributed by atoms with E-state index >= 15 is 0 Å². The van der Waals surface area contributed by atoms with Crippen molar-refractivity contribution in [2.45, 2.75) is 30.0 Å². The average Bonchev–Trinajstić information content (AvgIpc) is 2.68. The van der Waals surface area contributed by atoms with Crippen LogP contribution in [0.2, 0.25) is 0 Å². The average molecular weight is 386 g/mol. The van der Waals surface area contributed by atoms with Crippen LogP contribution in [0, 0.1) is 0 Å². The molecule has 1 fully saturated rings. The lowest BCUT2D eigenvalue weighted by Gasteiger charge is -2.34. The standard InChI is InChI=1S/C20H22N2O4S/c1-2-18-19(23)21-11-12-22(18)20(24)16-8-6-7-15(13-16)14-27(25,26)17-9-4-3-5-10-17/h3-10,13,18H,2,11-12,14H2,1H3,(H,21,23). The first-order chi connectivity index (χ1) is 12.9. The highest BCUT2D eigenvalue weighted by atomic mass is 32.2. The predicted molar refractivity (Wildman–Crippen MR) is 102 cm³/mol. The molecule has 1 saturated heterocycles. The van der Waals surface area contributed by atoms with Crippen LogP contribution in [0.1, 0.15) is 29.3 Å². The van der Waals surface area contributed by atoms with Crippen LogP contribution in [0.25, 0.3) is 0 Å². The number of benzene rings is 2. The summed E-state index contributed by atoms with van der Waals surface area (Å²) in [5.41, 5.74) is 0.933. The van der Waals surface area contributed by atoms with Crippen LogP contribution in [0.15, 0.2) is 59.5 Å². The van der Waals surface area contributed by atoms with E-state index in [1.54, 1.807) is 59.5 Å². The van der Waals surface area contributed by atoms with Gasteiger partial charge in [0.1, 0.15) is 6.04 Å². The van der Waals surface area contributed by atoms with Crippen LogP contribution in [0.3, 0.4) is 0 Å². The molecule has 0 aliphatic carbocycles. The first kappa shape index (κ1) is 19.1. The summed E-state index contributed by atoms with van der Waals surface area (Å²) in [4.78, 5) is 26.7. The second-order valence-corrected chi connectivity index (χ2v) is 8.48. The summed E-state index contributed by atoms with van der Waals surface area (Å²) in [5.74, 6) is -0.592. The van der Waals surface area contributed by atoms with E-state index in [-0.39, 0.29) is 22.5 Å². The van der Waals surface area contributed by atoms with Crippen LogP contribution in [0.5, 0.6) is 0 Å². The van der Waals surface area contributed by atoms with Crippen molar-refractivity contribution in [2.24, 2.45) is 0 Å². The molecule has 0 spiro atoms. The van der Waals surface area contributed by atoms with Gasteiger partial charge in [-0.05, 0) is 36.2 Å². The van der Waals surface area contributed by atoms with E-state index in [4.69, 9.17) is 0 Å². The third kappa shape index (κ3) is 4.19. The summed E-state index contributed by atoms with van der Waals surface area (Å²) < 4.78 is 25.2. The fourth-order valence-corrected chi connectivity index (χ4v) is 4.61. The lowest BCUT2D eigenvalue weighted by atomic mass is 10.1. The highest BCUT2D eigenvalue weighted by molar-refractivity contribution is 7.90. The van der Waals surface area contributed by atoms with Gasteiger partial charge in [0.05, 0.1) is 10.6 Å². The molecule has 2 aromatic carbocycles. The highest BCUT2D eigenvalue weighted by Crippen LogP contribution is 2.19. The Labute approximate surface area is 159 Å². The van der Waals surface area contributed by atoms with Crippen LogP contribution in [-0.2, 0) is 20.4 Å². The van der Waals surface area contributed by atoms with Crippen LogP contribution in [0.4, 0.5) is 0 Å². The molecule has 1 unspecified atom stereocenters. The van der Waals surface area contributed by atoms with Gasteiger partial charge in [0, 0.05) is 18.7 Å². The normalized spacial score (nSPS) is 17.4. The minimum atomic E-state index is -3.49. The molecule has 142 valence electrons. The number of nitrogens with zero attached hydrogens (tertiary/aromatic N) is 1. The summed E-state index contributed by atoms with van der Waals surface area (Å²) in [6, 6.07) is 14.4. The number of nitrogens with one attached hydrogen (secondary N) is 1. The van der Waals surface area contributed by atoms with E-state index in [9.17, 15) is 18.0 Å². The number of sulfone groups is 1. The molecule has 3 rings (SSSR count). The molecule has 6 nitrogen and oxygen atoms in total. The number of amides is 2. The molecule has 2 amide bonds. The number of piperazine rings is 1. The molecular formula is C20H22N2O4S. The fourth-order valence-electron chi connectivity index (χ4n) is 3.25. The summed E-state index contributed by atoms with van der Waals surface area (Å²) in [7, 11) is -3.49. The Morgan fingerprint density at radius 1 is 1.15 bits per heavy atom. The second kappa shape index (κ2) is 7.92. The smallest absolute Gasteiger partial charge is 0.254 e. The number of hydrogen-bond donors (Lipinski definition) is 1. The van der Waals surface area contributed by atoms with Crippen molar-refractivity contribution in [3.05, 3.63) is 65.7 Å². The Morgan fingerprint density at radius 2 is 1.89 bits per heavy atom. The number of hydrogen-bond acceptors (Lipinski definition) is 4. The predicted octanol–water partition coefficient (Wildman–Crippen LogP) is 2.01. The van der Waals surface area contributed by atoms with Gasteiger partial charge in [-0.3, -0.25) is 9.59 Å². The van der Waals surface area contributed by atoms with Crippen molar-refractivity contribution in [2.75, 3.05) is 13.1 Å². The van der Waals surface area contributed by atoms with Gasteiger partial charge in [0.25, 0.3) is 5.91 Å². The van der Waals surface area contributed by atoms with Crippen molar-refractivity contribution in [3.8, 4) is 0 Å². The molecule has 0 radical (unpaired) electrons. The van der Waals surface area contributed by atoms with Gasteiger partial charge in [-0.1, -0.05) is 37.3 Å². The summed E-state index contributed by atoms with van der Waals surface area (Å²) >= 11 is 0. The summed E-state index contributed by atoms with van der Waals surface area (Å²) in [6.07, 6.45) is 0.527. The Bertz CT molecular complexity index is 941. The van der Waals surface area contributed by atoms with E-state index in [0.29, 0.717) is 30.6 Å². The second-order valence-electron chi connectivity index (χ2n) is 6.49. The van der Waals surface area contributed by atoms with Crippen LogP contribution in [-0.4, -0.2) is 44.3 Å². The molecular weight excluding hydrogens is 364 g/mol. The Kier molecular flexibility index (Phi) is 5.60. The van der Waals surface area contributed by atoms with Crippen molar-refractivity contribution >= 4 is 21.7 Å². The van der Waals surface area contributed by atoms with Crippen molar-refractivity contribution < 1.29 is 18.0 Å². The van der Waals surface area contributed by atoms with E-state index < -0.39 is 15.9 Å². The lowest BCUT2D eigenvalue weighted by molar-refractivity contribution is -0.127. The number of rotatable bonds is 5. The quantitative estimate of drug-likeness (QED) is 0.852. The minimum Gasteiger partial charge on any atom is -0.353 e. The summed E-state index contributed by atoms with van der Waals surface area (Å²) in [5, 5.41) is 2.77. The minimum absolute atomic E-state index is 0.153. The SMILES string of the molecule is CCC1C(=O)NCCN1C(=O)c1cccc(CS(=O)(=O)c2ccccc2)c1. The van der Waals surface area contributed by atoms with Crippen molar-refractivity contribution in [1.82, 2.24) is 10.2 Å². The van der Waals surface area contributed by atoms with Crippen molar-refractivity contribution in [1.29, 1.82) is 0 Å². The molecule has 0 aromatic heterocycles. The zero-order valence-corrected chi connectivity index (χ0v) is 15.9. The zero-order valence-electron chi connectivity index (χ0n) is 15.1. The Balaban J connectivity index is 1.83. The highest BCUT2D eigenvalue weighted by Gasteiger charge is 2.32. The molecule has 1 atom stereocenters. The van der Waals surface area contributed by atoms with E-state index in [2.05, 4.69) is 5.32 Å².